The Kier molecular flexibility index (Phi) is 8.94. The Morgan fingerprint density at radius 1 is 1.31 bits per heavy atom. The van der Waals surface area contributed by atoms with Gasteiger partial charge in [0.2, 0.25) is 17.7 Å². The maximum atomic E-state index is 13.2. The Hall–Kier alpha value is -3.37. The van der Waals surface area contributed by atoms with E-state index in [2.05, 4.69) is 26.2 Å². The number of aliphatic carboxylic acids is 1. The van der Waals surface area contributed by atoms with E-state index in [0.29, 0.717) is 50.3 Å². The highest BCUT2D eigenvalue weighted by Gasteiger charge is 2.60. The summed E-state index contributed by atoms with van der Waals surface area (Å²) < 4.78 is 1.27. The summed E-state index contributed by atoms with van der Waals surface area (Å²) in [5.74, 6) is -2.38. The average Bonchev–Trinajstić information content (AvgIpc) is 3.73. The molecule has 2 unspecified atom stereocenters. The number of rotatable bonds is 12. The molecule has 3 amide bonds. The lowest BCUT2D eigenvalue weighted by Crippen LogP contribution is -2.66. The molecule has 16 heteroatoms. The highest BCUT2D eigenvalue weighted by atomic mass is 32.2. The van der Waals surface area contributed by atoms with E-state index in [1.807, 2.05) is 11.8 Å². The van der Waals surface area contributed by atoms with Crippen molar-refractivity contribution in [3.8, 4) is 0 Å². The third kappa shape index (κ3) is 5.92. The van der Waals surface area contributed by atoms with E-state index in [4.69, 9.17) is 5.73 Å². The third-order valence-corrected chi connectivity index (χ3v) is 10.1. The predicted molar refractivity (Wildman–Crippen MR) is 149 cm³/mol. The fraction of sp³-hybridized carbons (Fsp3) is 0.692. The van der Waals surface area contributed by atoms with Gasteiger partial charge in [-0.05, 0) is 42.7 Å². The van der Waals surface area contributed by atoms with Gasteiger partial charge in [-0.25, -0.2) is 9.48 Å². The number of nitrogens with two attached hydrogens (primary N) is 1. The Balaban J connectivity index is 1.18. The van der Waals surface area contributed by atoms with Crippen LogP contribution in [0.25, 0.3) is 0 Å². The first-order valence-corrected chi connectivity index (χ1v) is 15.2. The number of β-lactam (4-membered cyclic amide) rings is 1. The number of thioether (sulfide) groups is 1. The van der Waals surface area contributed by atoms with E-state index in [0.717, 1.165) is 6.42 Å². The molecule has 1 aromatic heterocycles. The van der Waals surface area contributed by atoms with Gasteiger partial charge < -0.3 is 31.3 Å². The molecular weight excluding hydrogens is 566 g/mol. The Morgan fingerprint density at radius 3 is 2.79 bits per heavy atom. The van der Waals surface area contributed by atoms with Crippen LogP contribution in [-0.2, 0) is 30.5 Å². The molecule has 15 nitrogen and oxygen atoms in total. The average molecular weight is 604 g/mol. The molecule has 0 aromatic carbocycles. The van der Waals surface area contributed by atoms with Gasteiger partial charge in [-0.2, -0.15) is 0 Å². The molecule has 5 heterocycles. The van der Waals surface area contributed by atoms with Crippen molar-refractivity contribution in [3.05, 3.63) is 16.9 Å². The quantitative estimate of drug-likeness (QED) is 0.203. The molecule has 5 rings (SSSR count). The monoisotopic (exact) mass is 603 g/mol. The van der Waals surface area contributed by atoms with Crippen LogP contribution >= 0.6 is 11.8 Å². The number of nitrogens with zero attached hydrogens (tertiary/aromatic N) is 6. The molecule has 0 radical (unpaired) electrons. The van der Waals surface area contributed by atoms with Crippen molar-refractivity contribution in [2.45, 2.75) is 69.5 Å². The number of carboxylic acid groups (broad SMARTS) is 1. The van der Waals surface area contributed by atoms with Crippen molar-refractivity contribution < 1.29 is 29.1 Å². The summed E-state index contributed by atoms with van der Waals surface area (Å²) in [4.78, 5) is 67.0. The first-order chi connectivity index (χ1) is 20.1. The number of carboxylic acids is 1. The lowest BCUT2D eigenvalue weighted by Gasteiger charge is -2.47. The maximum absolute atomic E-state index is 13.2. The van der Waals surface area contributed by atoms with Crippen molar-refractivity contribution in [2.24, 2.45) is 23.5 Å². The molecule has 4 aliphatic rings. The summed E-state index contributed by atoms with van der Waals surface area (Å²) in [6.07, 6.45) is 3.45. The van der Waals surface area contributed by atoms with Gasteiger partial charge in [0, 0.05) is 54.6 Å². The predicted octanol–water partition coefficient (Wildman–Crippen LogP) is -1.43. The van der Waals surface area contributed by atoms with Crippen LogP contribution in [0.1, 0.15) is 39.5 Å². The van der Waals surface area contributed by atoms with Crippen LogP contribution in [0.15, 0.2) is 16.9 Å². The highest BCUT2D eigenvalue weighted by molar-refractivity contribution is 8.03. The number of aromatic nitrogens is 4. The summed E-state index contributed by atoms with van der Waals surface area (Å²) in [6, 6.07) is -1.28. The second kappa shape index (κ2) is 12.5. The van der Waals surface area contributed by atoms with Crippen molar-refractivity contribution in [1.29, 1.82) is 0 Å². The highest BCUT2D eigenvalue weighted by Crippen LogP contribution is 2.51. The van der Waals surface area contributed by atoms with Crippen molar-refractivity contribution in [1.82, 2.24) is 40.6 Å². The van der Waals surface area contributed by atoms with Gasteiger partial charge in [-0.15, -0.1) is 16.9 Å². The number of hydrogen-bond donors (Lipinski definition) is 4. The smallest absolute Gasteiger partial charge is 0.353 e. The van der Waals surface area contributed by atoms with Gasteiger partial charge in [0.05, 0.1) is 18.0 Å². The van der Waals surface area contributed by atoms with Gasteiger partial charge in [0.15, 0.2) is 0 Å². The zero-order valence-electron chi connectivity index (χ0n) is 23.6. The minimum Gasteiger partial charge on any atom is -0.477 e. The summed E-state index contributed by atoms with van der Waals surface area (Å²) >= 11 is 1.42. The molecule has 3 saturated heterocycles. The molecule has 42 heavy (non-hydrogen) atoms. The first-order valence-electron chi connectivity index (χ1n) is 14.3. The lowest BCUT2D eigenvalue weighted by atomic mass is 9.78. The zero-order chi connectivity index (χ0) is 30.1. The second-order valence-electron chi connectivity index (χ2n) is 11.6. The summed E-state index contributed by atoms with van der Waals surface area (Å²) in [5.41, 5.74) is 5.47. The fourth-order valence-electron chi connectivity index (χ4n) is 6.65. The number of tetrazole rings is 1. The van der Waals surface area contributed by atoms with E-state index >= 15 is 0 Å². The Labute approximate surface area is 247 Å². The summed E-state index contributed by atoms with van der Waals surface area (Å²) in [7, 11) is 0. The van der Waals surface area contributed by atoms with Crippen LogP contribution in [0.5, 0.6) is 0 Å². The van der Waals surface area contributed by atoms with Crippen LogP contribution in [0.2, 0.25) is 0 Å². The fourth-order valence-corrected chi connectivity index (χ4v) is 8.13. The number of Topliss-reactive ketones (excluding diaryl/α,β-unsaturated/α-hetero) is 1. The summed E-state index contributed by atoms with van der Waals surface area (Å²) in [6.45, 7) is 5.59. The number of amides is 3. The zero-order valence-corrected chi connectivity index (χ0v) is 24.5. The number of nitrogens with one attached hydrogen (secondary N) is 2. The van der Waals surface area contributed by atoms with E-state index < -0.39 is 17.9 Å². The van der Waals surface area contributed by atoms with Gasteiger partial charge in [-0.1, -0.05) is 6.92 Å². The number of hydrogen-bond acceptors (Lipinski definition) is 11. The van der Waals surface area contributed by atoms with Crippen LogP contribution in [-0.4, -0.2) is 114 Å². The molecule has 5 N–H and O–H groups in total. The molecule has 0 bridgehead atoms. The minimum atomic E-state index is -1.17. The van der Waals surface area contributed by atoms with Crippen molar-refractivity contribution in [3.63, 3.8) is 0 Å². The maximum Gasteiger partial charge on any atom is 0.353 e. The molecule has 1 aromatic rings. The summed E-state index contributed by atoms with van der Waals surface area (Å²) in [5, 5.41) is 26.8. The molecule has 0 spiro atoms. The number of likely N-dealkylation sites (tertiary alicyclic amines) is 1. The van der Waals surface area contributed by atoms with Crippen LogP contribution in [0, 0.1) is 17.8 Å². The number of carbonyl (C=O) groups excluding carboxylic acids is 4. The van der Waals surface area contributed by atoms with Crippen LogP contribution in [0.3, 0.4) is 0 Å². The number of ketones is 1. The van der Waals surface area contributed by atoms with E-state index in [-0.39, 0.29) is 64.9 Å². The van der Waals surface area contributed by atoms with Crippen LogP contribution in [0.4, 0.5) is 0 Å². The Morgan fingerprint density at radius 2 is 2.10 bits per heavy atom. The van der Waals surface area contributed by atoms with Crippen LogP contribution < -0.4 is 16.4 Å². The minimum absolute atomic E-state index is 0.00378. The van der Waals surface area contributed by atoms with Gasteiger partial charge in [0.25, 0.3) is 0 Å². The molecule has 7 atom stereocenters. The van der Waals surface area contributed by atoms with Gasteiger partial charge in [-0.3, -0.25) is 19.2 Å². The first kappa shape index (κ1) is 30.1. The topological polar surface area (TPSA) is 206 Å². The van der Waals surface area contributed by atoms with Gasteiger partial charge >= 0.3 is 5.97 Å². The lowest BCUT2D eigenvalue weighted by molar-refractivity contribution is -0.158. The third-order valence-electron chi connectivity index (χ3n) is 8.64. The Bertz CT molecular complexity index is 1270. The van der Waals surface area contributed by atoms with Crippen molar-refractivity contribution in [2.75, 3.05) is 26.2 Å². The van der Waals surface area contributed by atoms with E-state index in [9.17, 15) is 29.1 Å². The molecule has 3 fully saturated rings. The van der Waals surface area contributed by atoms with E-state index in [1.165, 1.54) is 27.7 Å². The molecule has 228 valence electrons. The van der Waals surface area contributed by atoms with Gasteiger partial charge in [0.1, 0.15) is 24.4 Å². The van der Waals surface area contributed by atoms with Crippen molar-refractivity contribution >= 4 is 41.2 Å². The molecule has 4 aliphatic heterocycles. The SMILES string of the molecule is CC(NC(=O)Cn1cnnn1)[C@H]1C(=O)N2C(C(=O)O)=C(S[C@@H]3CNC(C(=O)N4CC[C@@H](CC(=O)CCN)C4)C3)[C@H](C)[C@H]12. The molecule has 0 saturated carbocycles. The second-order valence-corrected chi connectivity index (χ2v) is 12.9. The molecular formula is C26H37N9O6S. The van der Waals surface area contributed by atoms with E-state index in [1.54, 1.807) is 6.92 Å². The number of fused-ring (bicyclic) bond motifs is 1. The molecule has 0 aliphatic carbocycles. The largest absolute Gasteiger partial charge is 0.477 e. The standard InChI is InChI=1S/C26H37N9O6S/c1-13-21-20(14(2)30-19(37)11-34-12-29-31-32-34)25(39)35(21)22(26(40)41)23(13)42-17-8-18(28-9-17)24(38)33-6-4-15(10-33)7-16(36)3-5-27/h12-15,17-18,20-21,28H,3-11,27H2,1-2H3,(H,30,37)(H,40,41)/t13-,14?,15+,17+,18?,20-,21-/m1/s1. The number of carbonyl (C=O) groups is 5. The normalized spacial score (nSPS) is 29.5.